The van der Waals surface area contributed by atoms with Gasteiger partial charge >= 0.3 is 0 Å². The molecule has 2 N–H and O–H groups in total. The summed E-state index contributed by atoms with van der Waals surface area (Å²) in [5, 5.41) is 7.10. The van der Waals surface area contributed by atoms with E-state index in [0.29, 0.717) is 17.9 Å². The van der Waals surface area contributed by atoms with Gasteiger partial charge in [-0.05, 0) is 42.0 Å². The zero-order valence-electron chi connectivity index (χ0n) is 14.7. The van der Waals surface area contributed by atoms with Crippen LogP contribution in [0.3, 0.4) is 0 Å². The van der Waals surface area contributed by atoms with Gasteiger partial charge in [0.1, 0.15) is 5.58 Å². The molecule has 0 bridgehead atoms. The van der Waals surface area contributed by atoms with Gasteiger partial charge in [0, 0.05) is 23.8 Å². The minimum Gasteiger partial charge on any atom is -0.451 e. The standard InChI is InChI=1S/C22H19N3O2/c26-22(25-15-19-8-4-5-11-23-19)21-13-17-12-18(9-10-20(17)27-21)24-14-16-6-2-1-3-7-16/h1-13,24H,14-15H2,(H,25,26). The van der Waals surface area contributed by atoms with Crippen molar-refractivity contribution in [2.75, 3.05) is 5.32 Å². The summed E-state index contributed by atoms with van der Waals surface area (Å²) in [6.07, 6.45) is 1.70. The fourth-order valence-electron chi connectivity index (χ4n) is 2.83. The number of furan rings is 1. The molecule has 2 aromatic carbocycles. The fourth-order valence-corrected chi connectivity index (χ4v) is 2.83. The number of carbonyl (C=O) groups excluding carboxylic acids is 1. The van der Waals surface area contributed by atoms with Gasteiger partial charge < -0.3 is 15.1 Å². The second-order valence-corrected chi connectivity index (χ2v) is 6.21. The molecule has 0 saturated heterocycles. The number of hydrogen-bond donors (Lipinski definition) is 2. The number of anilines is 1. The Bertz CT molecular complexity index is 1040. The van der Waals surface area contributed by atoms with Gasteiger partial charge in [-0.15, -0.1) is 0 Å². The van der Waals surface area contributed by atoms with Crippen LogP contribution in [0.5, 0.6) is 0 Å². The molecule has 5 heteroatoms. The Morgan fingerprint density at radius 2 is 1.78 bits per heavy atom. The van der Waals surface area contributed by atoms with Crippen LogP contribution in [0, 0.1) is 0 Å². The lowest BCUT2D eigenvalue weighted by atomic mass is 10.2. The van der Waals surface area contributed by atoms with E-state index in [2.05, 4.69) is 27.8 Å². The van der Waals surface area contributed by atoms with Crippen molar-refractivity contribution in [2.45, 2.75) is 13.1 Å². The summed E-state index contributed by atoms with van der Waals surface area (Å²) >= 11 is 0. The number of nitrogens with one attached hydrogen (secondary N) is 2. The molecular formula is C22H19N3O2. The lowest BCUT2D eigenvalue weighted by molar-refractivity contribution is 0.0925. The molecule has 0 atom stereocenters. The zero-order valence-corrected chi connectivity index (χ0v) is 14.7. The second-order valence-electron chi connectivity index (χ2n) is 6.21. The highest BCUT2D eigenvalue weighted by Crippen LogP contribution is 2.23. The molecule has 0 radical (unpaired) electrons. The van der Waals surface area contributed by atoms with Crippen molar-refractivity contribution in [3.63, 3.8) is 0 Å². The molecule has 1 amide bonds. The van der Waals surface area contributed by atoms with Crippen LogP contribution in [0.1, 0.15) is 21.8 Å². The smallest absolute Gasteiger partial charge is 0.287 e. The molecule has 0 fully saturated rings. The first kappa shape index (κ1) is 16.8. The number of aromatic nitrogens is 1. The van der Waals surface area contributed by atoms with Crippen molar-refractivity contribution in [3.05, 3.63) is 96.0 Å². The third-order valence-corrected chi connectivity index (χ3v) is 4.24. The van der Waals surface area contributed by atoms with E-state index in [1.807, 2.05) is 54.6 Å². The summed E-state index contributed by atoms with van der Waals surface area (Å²) in [5.74, 6) is 0.0387. The lowest BCUT2D eigenvalue weighted by Crippen LogP contribution is -2.22. The molecule has 0 spiro atoms. The molecule has 0 aliphatic rings. The van der Waals surface area contributed by atoms with E-state index < -0.39 is 0 Å². The van der Waals surface area contributed by atoms with E-state index in [9.17, 15) is 4.79 Å². The number of amides is 1. The largest absolute Gasteiger partial charge is 0.451 e. The minimum absolute atomic E-state index is 0.254. The molecule has 0 unspecified atom stereocenters. The van der Waals surface area contributed by atoms with Crippen LogP contribution in [-0.2, 0) is 13.1 Å². The highest BCUT2D eigenvalue weighted by Gasteiger charge is 2.12. The molecule has 2 heterocycles. The Morgan fingerprint density at radius 1 is 0.926 bits per heavy atom. The van der Waals surface area contributed by atoms with Crippen LogP contribution in [-0.4, -0.2) is 10.9 Å². The normalized spacial score (nSPS) is 10.7. The van der Waals surface area contributed by atoms with Crippen LogP contribution >= 0.6 is 0 Å². The van der Waals surface area contributed by atoms with E-state index in [-0.39, 0.29) is 5.91 Å². The average Bonchev–Trinajstić information content (AvgIpc) is 3.15. The molecule has 27 heavy (non-hydrogen) atoms. The Hall–Kier alpha value is -3.60. The van der Waals surface area contributed by atoms with E-state index >= 15 is 0 Å². The van der Waals surface area contributed by atoms with E-state index in [1.165, 1.54) is 5.56 Å². The molecule has 0 aliphatic carbocycles. The summed E-state index contributed by atoms with van der Waals surface area (Å²) in [6.45, 7) is 1.10. The molecule has 0 saturated carbocycles. The summed E-state index contributed by atoms with van der Waals surface area (Å²) in [5.41, 5.74) is 3.67. The van der Waals surface area contributed by atoms with Gasteiger partial charge in [0.25, 0.3) is 5.91 Å². The van der Waals surface area contributed by atoms with Crippen LogP contribution in [0.2, 0.25) is 0 Å². The zero-order chi connectivity index (χ0) is 18.5. The van der Waals surface area contributed by atoms with Crippen molar-refractivity contribution in [1.29, 1.82) is 0 Å². The minimum atomic E-state index is -0.254. The van der Waals surface area contributed by atoms with Gasteiger partial charge in [-0.3, -0.25) is 9.78 Å². The summed E-state index contributed by atoms with van der Waals surface area (Å²) < 4.78 is 5.68. The number of pyridine rings is 1. The molecule has 4 aromatic rings. The van der Waals surface area contributed by atoms with Crippen molar-refractivity contribution in [2.24, 2.45) is 0 Å². The van der Waals surface area contributed by atoms with Gasteiger partial charge in [0.2, 0.25) is 0 Å². The van der Waals surface area contributed by atoms with Crippen LogP contribution in [0.15, 0.2) is 83.4 Å². The molecular weight excluding hydrogens is 338 g/mol. The van der Waals surface area contributed by atoms with E-state index in [1.54, 1.807) is 12.3 Å². The maximum absolute atomic E-state index is 12.3. The Labute approximate surface area is 157 Å². The fraction of sp³-hybridized carbons (Fsp3) is 0.0909. The first-order valence-electron chi connectivity index (χ1n) is 8.77. The van der Waals surface area contributed by atoms with Crippen molar-refractivity contribution >= 4 is 22.6 Å². The third-order valence-electron chi connectivity index (χ3n) is 4.24. The van der Waals surface area contributed by atoms with Gasteiger partial charge in [-0.25, -0.2) is 0 Å². The lowest BCUT2D eigenvalue weighted by Gasteiger charge is -2.06. The SMILES string of the molecule is O=C(NCc1ccccn1)c1cc2cc(NCc3ccccc3)ccc2o1. The second kappa shape index (κ2) is 7.74. The van der Waals surface area contributed by atoms with Crippen LogP contribution in [0.4, 0.5) is 5.69 Å². The molecule has 2 aromatic heterocycles. The first-order chi connectivity index (χ1) is 13.3. The summed E-state index contributed by atoms with van der Waals surface area (Å²) in [4.78, 5) is 16.5. The molecule has 5 nitrogen and oxygen atoms in total. The van der Waals surface area contributed by atoms with Crippen molar-refractivity contribution in [3.8, 4) is 0 Å². The van der Waals surface area contributed by atoms with E-state index in [4.69, 9.17) is 4.42 Å². The number of nitrogens with zero attached hydrogens (tertiary/aromatic N) is 1. The monoisotopic (exact) mass is 357 g/mol. The number of rotatable bonds is 6. The first-order valence-corrected chi connectivity index (χ1v) is 8.77. The Balaban J connectivity index is 1.43. The van der Waals surface area contributed by atoms with Gasteiger partial charge in [-0.2, -0.15) is 0 Å². The van der Waals surface area contributed by atoms with Crippen molar-refractivity contribution < 1.29 is 9.21 Å². The summed E-state index contributed by atoms with van der Waals surface area (Å²) in [7, 11) is 0. The Morgan fingerprint density at radius 3 is 2.59 bits per heavy atom. The average molecular weight is 357 g/mol. The highest BCUT2D eigenvalue weighted by atomic mass is 16.3. The quantitative estimate of drug-likeness (QED) is 0.538. The highest BCUT2D eigenvalue weighted by molar-refractivity contribution is 5.96. The third kappa shape index (κ3) is 4.15. The predicted molar refractivity (Wildman–Crippen MR) is 105 cm³/mol. The van der Waals surface area contributed by atoms with Crippen molar-refractivity contribution in [1.82, 2.24) is 10.3 Å². The number of carbonyl (C=O) groups is 1. The predicted octanol–water partition coefficient (Wildman–Crippen LogP) is 4.37. The Kier molecular flexibility index (Phi) is 4.83. The number of fused-ring (bicyclic) bond motifs is 1. The maximum atomic E-state index is 12.3. The van der Waals surface area contributed by atoms with E-state index in [0.717, 1.165) is 23.3 Å². The number of hydrogen-bond acceptors (Lipinski definition) is 4. The van der Waals surface area contributed by atoms with Crippen LogP contribution < -0.4 is 10.6 Å². The maximum Gasteiger partial charge on any atom is 0.287 e. The van der Waals surface area contributed by atoms with Gasteiger partial charge in [0.05, 0.1) is 12.2 Å². The van der Waals surface area contributed by atoms with Gasteiger partial charge in [0.15, 0.2) is 5.76 Å². The molecule has 0 aliphatic heterocycles. The molecule has 134 valence electrons. The molecule has 4 rings (SSSR count). The topological polar surface area (TPSA) is 67.2 Å². The van der Waals surface area contributed by atoms with Gasteiger partial charge in [-0.1, -0.05) is 36.4 Å². The number of benzene rings is 2. The van der Waals surface area contributed by atoms with Crippen LogP contribution in [0.25, 0.3) is 11.0 Å². The summed E-state index contributed by atoms with van der Waals surface area (Å²) in [6, 6.07) is 23.4.